The number of fused-ring (bicyclic) bond motifs is 1. The average Bonchev–Trinajstić information content (AvgIpc) is 3.05. The van der Waals surface area contributed by atoms with Gasteiger partial charge in [0, 0.05) is 23.2 Å². The summed E-state index contributed by atoms with van der Waals surface area (Å²) in [5, 5.41) is 5.76. The van der Waals surface area contributed by atoms with E-state index in [1.165, 1.54) is 27.5 Å². The summed E-state index contributed by atoms with van der Waals surface area (Å²) in [6, 6.07) is 41.7. The van der Waals surface area contributed by atoms with Crippen LogP contribution in [-0.4, -0.2) is 21.5 Å². The first-order valence-electron chi connectivity index (χ1n) is 13.4. The maximum absolute atomic E-state index is 4.89. The molecule has 0 fully saturated rings. The number of rotatable bonds is 5. The van der Waals surface area contributed by atoms with Crippen molar-refractivity contribution < 1.29 is 0 Å². The third-order valence-corrected chi connectivity index (χ3v) is 7.19. The molecule has 1 aliphatic rings. The number of hydrogen-bond donors (Lipinski definition) is 1. The zero-order chi connectivity index (χ0) is 26.7. The van der Waals surface area contributed by atoms with Gasteiger partial charge < -0.3 is 5.32 Å². The van der Waals surface area contributed by atoms with Gasteiger partial charge in [-0.15, -0.1) is 0 Å². The minimum absolute atomic E-state index is 0.655. The lowest BCUT2D eigenvalue weighted by Crippen LogP contribution is -2.08. The molecule has 0 unspecified atom stereocenters. The van der Waals surface area contributed by atoms with E-state index in [2.05, 4.69) is 78.1 Å². The number of aromatic nitrogens is 3. The normalized spacial score (nSPS) is 12.7. The zero-order valence-electron chi connectivity index (χ0n) is 21.8. The van der Waals surface area contributed by atoms with E-state index in [0.717, 1.165) is 28.8 Å². The van der Waals surface area contributed by atoms with Gasteiger partial charge in [0.1, 0.15) is 0 Å². The fourth-order valence-corrected chi connectivity index (χ4v) is 5.20. The van der Waals surface area contributed by atoms with E-state index < -0.39 is 0 Å². The summed E-state index contributed by atoms with van der Waals surface area (Å²) in [6.07, 6.45) is 6.43. The van der Waals surface area contributed by atoms with Crippen molar-refractivity contribution >= 4 is 16.3 Å². The highest BCUT2D eigenvalue weighted by molar-refractivity contribution is 6.02. The molecule has 4 nitrogen and oxygen atoms in total. The van der Waals surface area contributed by atoms with E-state index in [0.29, 0.717) is 17.5 Å². The summed E-state index contributed by atoms with van der Waals surface area (Å²) in [5.74, 6) is 1.98. The summed E-state index contributed by atoms with van der Waals surface area (Å²) < 4.78 is 0. The van der Waals surface area contributed by atoms with Gasteiger partial charge in [-0.1, -0.05) is 127 Å². The van der Waals surface area contributed by atoms with E-state index in [4.69, 9.17) is 15.0 Å². The summed E-state index contributed by atoms with van der Waals surface area (Å²) in [4.78, 5) is 14.6. The Morgan fingerprint density at radius 1 is 0.500 bits per heavy atom. The number of nitrogens with zero attached hydrogens (tertiary/aromatic N) is 3. The van der Waals surface area contributed by atoms with Crippen LogP contribution in [0.2, 0.25) is 0 Å². The molecule has 1 aliphatic heterocycles. The van der Waals surface area contributed by atoms with Crippen molar-refractivity contribution in [3.05, 3.63) is 145 Å². The Kier molecular flexibility index (Phi) is 6.19. The van der Waals surface area contributed by atoms with Crippen molar-refractivity contribution in [2.75, 3.05) is 6.54 Å². The largest absolute Gasteiger partial charge is 0.387 e. The average molecular weight is 515 g/mol. The smallest absolute Gasteiger partial charge is 0.164 e. The van der Waals surface area contributed by atoms with Gasteiger partial charge in [0.2, 0.25) is 0 Å². The number of nitrogens with one attached hydrogen (secondary N) is 1. The lowest BCUT2D eigenvalue weighted by atomic mass is 9.88. The van der Waals surface area contributed by atoms with Crippen LogP contribution in [0.4, 0.5) is 0 Å². The van der Waals surface area contributed by atoms with Crippen molar-refractivity contribution in [3.8, 4) is 45.3 Å². The molecule has 0 bridgehead atoms. The van der Waals surface area contributed by atoms with Crippen LogP contribution in [0.15, 0.2) is 140 Å². The molecule has 0 saturated heterocycles. The Bertz CT molecular complexity index is 1810. The molecule has 7 rings (SSSR count). The number of benzene rings is 5. The summed E-state index contributed by atoms with van der Waals surface area (Å²) in [5.41, 5.74) is 7.71. The first-order chi connectivity index (χ1) is 19.8. The standard InChI is InChI=1S/C36H26N4/c1-3-10-28(11-4-1)34-38-35(29-12-5-2-6-13-29)40-36(39-34)30-17-15-26(16-18-30)32-20-19-25-9-7-8-14-31(25)33(32)27-21-23-37-24-22-27/h1-23,37H,24H2. The summed E-state index contributed by atoms with van der Waals surface area (Å²) >= 11 is 0. The van der Waals surface area contributed by atoms with E-state index in [-0.39, 0.29) is 0 Å². The number of allylic oxidation sites excluding steroid dienone is 2. The van der Waals surface area contributed by atoms with Gasteiger partial charge in [0.15, 0.2) is 17.5 Å². The molecule has 5 aromatic carbocycles. The molecule has 6 aromatic rings. The van der Waals surface area contributed by atoms with Crippen LogP contribution in [0.5, 0.6) is 0 Å². The van der Waals surface area contributed by atoms with Gasteiger partial charge >= 0.3 is 0 Å². The molecule has 1 aromatic heterocycles. The van der Waals surface area contributed by atoms with Crippen LogP contribution in [0.25, 0.3) is 61.6 Å². The molecule has 0 aliphatic carbocycles. The molecule has 40 heavy (non-hydrogen) atoms. The van der Waals surface area contributed by atoms with Crippen molar-refractivity contribution in [2.45, 2.75) is 0 Å². The van der Waals surface area contributed by atoms with Crippen LogP contribution in [-0.2, 0) is 0 Å². The highest BCUT2D eigenvalue weighted by Gasteiger charge is 2.15. The minimum atomic E-state index is 0.655. The molecular formula is C36H26N4. The maximum Gasteiger partial charge on any atom is 0.164 e. The van der Waals surface area contributed by atoms with E-state index in [9.17, 15) is 0 Å². The quantitative estimate of drug-likeness (QED) is 0.252. The number of dihydropyridines is 1. The van der Waals surface area contributed by atoms with Crippen molar-refractivity contribution in [2.24, 2.45) is 0 Å². The maximum atomic E-state index is 4.89. The Labute approximate surface area is 233 Å². The van der Waals surface area contributed by atoms with Crippen LogP contribution >= 0.6 is 0 Å². The molecule has 2 heterocycles. The molecule has 0 spiro atoms. The van der Waals surface area contributed by atoms with Gasteiger partial charge in [-0.2, -0.15) is 0 Å². The zero-order valence-corrected chi connectivity index (χ0v) is 21.8. The topological polar surface area (TPSA) is 50.7 Å². The number of hydrogen-bond acceptors (Lipinski definition) is 4. The molecule has 0 atom stereocenters. The van der Waals surface area contributed by atoms with Gasteiger partial charge in [-0.05, 0) is 45.3 Å². The van der Waals surface area contributed by atoms with Crippen LogP contribution in [0.3, 0.4) is 0 Å². The molecular weight excluding hydrogens is 488 g/mol. The van der Waals surface area contributed by atoms with Crippen molar-refractivity contribution in [1.29, 1.82) is 0 Å². The molecule has 0 saturated carbocycles. The Morgan fingerprint density at radius 2 is 1.05 bits per heavy atom. The van der Waals surface area contributed by atoms with Gasteiger partial charge in [0.05, 0.1) is 0 Å². The molecule has 4 heteroatoms. The Balaban J connectivity index is 1.34. The SMILES string of the molecule is C1=CC(c2c(-c3ccc(-c4nc(-c5ccccc5)nc(-c5ccccc5)n4)cc3)ccc3ccccc23)=CCN1. The van der Waals surface area contributed by atoms with Gasteiger partial charge in [0.25, 0.3) is 0 Å². The highest BCUT2D eigenvalue weighted by Crippen LogP contribution is 2.37. The van der Waals surface area contributed by atoms with Gasteiger partial charge in [-0.25, -0.2) is 15.0 Å². The van der Waals surface area contributed by atoms with Crippen molar-refractivity contribution in [3.63, 3.8) is 0 Å². The lowest BCUT2D eigenvalue weighted by molar-refractivity contribution is 0.976. The van der Waals surface area contributed by atoms with E-state index >= 15 is 0 Å². The van der Waals surface area contributed by atoms with Gasteiger partial charge in [-0.3, -0.25) is 0 Å². The second-order valence-electron chi connectivity index (χ2n) is 9.73. The molecule has 0 amide bonds. The first kappa shape index (κ1) is 23.7. The Hall–Kier alpha value is -5.35. The molecule has 190 valence electrons. The van der Waals surface area contributed by atoms with E-state index in [1.807, 2.05) is 66.9 Å². The molecule has 1 N–H and O–H groups in total. The summed E-state index contributed by atoms with van der Waals surface area (Å²) in [6.45, 7) is 0.820. The third kappa shape index (κ3) is 4.56. The third-order valence-electron chi connectivity index (χ3n) is 7.19. The Morgan fingerprint density at radius 3 is 1.65 bits per heavy atom. The first-order valence-corrected chi connectivity index (χ1v) is 13.4. The van der Waals surface area contributed by atoms with E-state index in [1.54, 1.807) is 0 Å². The van der Waals surface area contributed by atoms with Crippen LogP contribution in [0, 0.1) is 0 Å². The monoisotopic (exact) mass is 514 g/mol. The van der Waals surface area contributed by atoms with Crippen LogP contribution in [0.1, 0.15) is 5.56 Å². The second-order valence-corrected chi connectivity index (χ2v) is 9.73. The molecule has 0 radical (unpaired) electrons. The van der Waals surface area contributed by atoms with Crippen LogP contribution < -0.4 is 5.32 Å². The lowest BCUT2D eigenvalue weighted by Gasteiger charge is -2.17. The fraction of sp³-hybridized carbons (Fsp3) is 0.0278. The predicted molar refractivity (Wildman–Crippen MR) is 164 cm³/mol. The minimum Gasteiger partial charge on any atom is -0.387 e. The fourth-order valence-electron chi connectivity index (χ4n) is 5.20. The second kappa shape index (κ2) is 10.4. The summed E-state index contributed by atoms with van der Waals surface area (Å²) in [7, 11) is 0. The van der Waals surface area contributed by atoms with Crippen molar-refractivity contribution in [1.82, 2.24) is 20.3 Å². The highest BCUT2D eigenvalue weighted by atomic mass is 15.0. The predicted octanol–water partition coefficient (Wildman–Crippen LogP) is 8.19.